The highest BCUT2D eigenvalue weighted by molar-refractivity contribution is 7.13. The monoisotopic (exact) mass is 253 g/mol. The Kier molecular flexibility index (Phi) is 4.05. The standard InChI is InChI=1S/C13H23N3S/c1-9(2)6-7-16(11-4-5-11)13-15-12(8-17-13)10(3)14/h8-11H,4-7,14H2,1-3H3. The third-order valence-corrected chi connectivity index (χ3v) is 4.05. The highest BCUT2D eigenvalue weighted by Crippen LogP contribution is 2.34. The van der Waals surface area contributed by atoms with Crippen LogP contribution >= 0.6 is 11.3 Å². The number of nitrogens with two attached hydrogens (primary N) is 1. The van der Waals surface area contributed by atoms with E-state index in [-0.39, 0.29) is 6.04 Å². The Morgan fingerprint density at radius 3 is 2.65 bits per heavy atom. The van der Waals surface area contributed by atoms with E-state index in [9.17, 15) is 0 Å². The van der Waals surface area contributed by atoms with E-state index in [1.165, 1.54) is 24.4 Å². The summed E-state index contributed by atoms with van der Waals surface area (Å²) in [6.07, 6.45) is 3.89. The number of nitrogens with zero attached hydrogens (tertiary/aromatic N) is 2. The SMILES string of the molecule is CC(C)CCN(c1nc(C(C)N)cs1)C1CC1. The molecule has 0 aromatic carbocycles. The van der Waals surface area contributed by atoms with Crippen molar-refractivity contribution in [2.24, 2.45) is 11.7 Å². The van der Waals surface area contributed by atoms with Gasteiger partial charge in [0.05, 0.1) is 5.69 Å². The molecule has 1 aliphatic rings. The van der Waals surface area contributed by atoms with E-state index in [2.05, 4.69) is 29.1 Å². The normalized spacial score (nSPS) is 17.5. The molecule has 0 amide bonds. The average molecular weight is 253 g/mol. The number of hydrogen-bond acceptors (Lipinski definition) is 4. The van der Waals surface area contributed by atoms with E-state index < -0.39 is 0 Å². The molecule has 1 aliphatic carbocycles. The summed E-state index contributed by atoms with van der Waals surface area (Å²) in [5.74, 6) is 0.754. The lowest BCUT2D eigenvalue weighted by Gasteiger charge is -2.22. The number of aromatic nitrogens is 1. The van der Waals surface area contributed by atoms with E-state index in [1.807, 2.05) is 6.92 Å². The van der Waals surface area contributed by atoms with Crippen LogP contribution in [0.4, 0.5) is 5.13 Å². The fraction of sp³-hybridized carbons (Fsp3) is 0.769. The van der Waals surface area contributed by atoms with Gasteiger partial charge in [0, 0.05) is 24.0 Å². The molecule has 1 heterocycles. The number of rotatable bonds is 6. The molecule has 0 saturated heterocycles. The topological polar surface area (TPSA) is 42.2 Å². The molecule has 96 valence electrons. The van der Waals surface area contributed by atoms with Crippen LogP contribution in [0, 0.1) is 5.92 Å². The van der Waals surface area contributed by atoms with Crippen molar-refractivity contribution in [1.82, 2.24) is 4.98 Å². The number of thiazole rings is 1. The van der Waals surface area contributed by atoms with Crippen LogP contribution < -0.4 is 10.6 Å². The maximum absolute atomic E-state index is 5.87. The van der Waals surface area contributed by atoms with Gasteiger partial charge in [-0.05, 0) is 32.1 Å². The molecule has 1 aromatic heterocycles. The van der Waals surface area contributed by atoms with Crippen molar-refractivity contribution in [1.29, 1.82) is 0 Å². The molecule has 0 spiro atoms. The maximum atomic E-state index is 5.87. The van der Waals surface area contributed by atoms with E-state index in [4.69, 9.17) is 5.73 Å². The molecule has 2 rings (SSSR count). The third-order valence-electron chi connectivity index (χ3n) is 3.16. The first-order chi connectivity index (χ1) is 8.08. The summed E-state index contributed by atoms with van der Waals surface area (Å²) in [6, 6.07) is 0.784. The van der Waals surface area contributed by atoms with Crippen LogP contribution in [0.15, 0.2) is 5.38 Å². The van der Waals surface area contributed by atoms with Gasteiger partial charge in [0.15, 0.2) is 5.13 Å². The predicted octanol–water partition coefficient (Wildman–Crippen LogP) is 3.18. The Labute approximate surface area is 108 Å². The first-order valence-electron chi connectivity index (χ1n) is 6.55. The zero-order valence-electron chi connectivity index (χ0n) is 11.0. The molecule has 1 saturated carbocycles. The quantitative estimate of drug-likeness (QED) is 0.846. The van der Waals surface area contributed by atoms with Gasteiger partial charge in [0.1, 0.15) is 0 Å². The van der Waals surface area contributed by atoms with Crippen LogP contribution in [0.3, 0.4) is 0 Å². The smallest absolute Gasteiger partial charge is 0.185 e. The molecule has 3 nitrogen and oxygen atoms in total. The molecule has 0 radical (unpaired) electrons. The zero-order valence-corrected chi connectivity index (χ0v) is 11.8. The second kappa shape index (κ2) is 5.36. The fourth-order valence-corrected chi connectivity index (χ4v) is 2.86. The molecule has 2 N–H and O–H groups in total. The minimum absolute atomic E-state index is 0.0474. The van der Waals surface area contributed by atoms with Gasteiger partial charge in [0.25, 0.3) is 0 Å². The fourth-order valence-electron chi connectivity index (χ4n) is 1.84. The lowest BCUT2D eigenvalue weighted by molar-refractivity contribution is 0.570. The summed E-state index contributed by atoms with van der Waals surface area (Å²) in [5, 5.41) is 3.27. The largest absolute Gasteiger partial charge is 0.345 e. The number of hydrogen-bond donors (Lipinski definition) is 1. The summed E-state index contributed by atoms with van der Waals surface area (Å²) in [6.45, 7) is 7.68. The highest BCUT2D eigenvalue weighted by atomic mass is 32.1. The van der Waals surface area contributed by atoms with Crippen molar-refractivity contribution < 1.29 is 0 Å². The molecule has 1 aromatic rings. The molecule has 4 heteroatoms. The summed E-state index contributed by atoms with van der Waals surface area (Å²) < 4.78 is 0. The summed E-state index contributed by atoms with van der Waals surface area (Å²) in [5.41, 5.74) is 6.89. The van der Waals surface area contributed by atoms with Gasteiger partial charge in [-0.15, -0.1) is 11.3 Å². The van der Waals surface area contributed by atoms with Crippen LogP contribution in [-0.2, 0) is 0 Å². The van der Waals surface area contributed by atoms with Gasteiger partial charge in [-0.3, -0.25) is 0 Å². The lowest BCUT2D eigenvalue weighted by atomic mass is 10.1. The highest BCUT2D eigenvalue weighted by Gasteiger charge is 2.30. The molecule has 0 bridgehead atoms. The Morgan fingerprint density at radius 1 is 1.47 bits per heavy atom. The minimum atomic E-state index is 0.0474. The van der Waals surface area contributed by atoms with Crippen LogP contribution in [-0.4, -0.2) is 17.6 Å². The van der Waals surface area contributed by atoms with E-state index in [1.54, 1.807) is 11.3 Å². The summed E-state index contributed by atoms with van der Waals surface area (Å²) >= 11 is 1.74. The Bertz CT molecular complexity index is 355. The molecule has 1 unspecified atom stereocenters. The average Bonchev–Trinajstić information content (AvgIpc) is 2.95. The Balaban J connectivity index is 2.03. The van der Waals surface area contributed by atoms with Crippen molar-refractivity contribution in [3.63, 3.8) is 0 Å². The van der Waals surface area contributed by atoms with Gasteiger partial charge in [-0.25, -0.2) is 4.98 Å². The van der Waals surface area contributed by atoms with E-state index >= 15 is 0 Å². The molecule has 1 fully saturated rings. The van der Waals surface area contributed by atoms with Crippen LogP contribution in [0.2, 0.25) is 0 Å². The molecule has 17 heavy (non-hydrogen) atoms. The first-order valence-corrected chi connectivity index (χ1v) is 7.43. The predicted molar refractivity (Wildman–Crippen MR) is 74.5 cm³/mol. The van der Waals surface area contributed by atoms with Crippen molar-refractivity contribution >= 4 is 16.5 Å². The lowest BCUT2D eigenvalue weighted by Crippen LogP contribution is -2.27. The van der Waals surface area contributed by atoms with Gasteiger partial charge in [-0.2, -0.15) is 0 Å². The Hall–Kier alpha value is -0.610. The van der Waals surface area contributed by atoms with Crippen LogP contribution in [0.25, 0.3) is 0 Å². The molecule has 0 aliphatic heterocycles. The zero-order chi connectivity index (χ0) is 12.4. The molecular weight excluding hydrogens is 230 g/mol. The van der Waals surface area contributed by atoms with Gasteiger partial charge in [-0.1, -0.05) is 13.8 Å². The van der Waals surface area contributed by atoms with Gasteiger partial charge in [0.2, 0.25) is 0 Å². The summed E-state index contributed by atoms with van der Waals surface area (Å²) in [4.78, 5) is 7.15. The van der Waals surface area contributed by atoms with E-state index in [0.29, 0.717) is 0 Å². The Morgan fingerprint density at radius 2 is 2.18 bits per heavy atom. The van der Waals surface area contributed by atoms with Gasteiger partial charge < -0.3 is 10.6 Å². The van der Waals surface area contributed by atoms with Crippen molar-refractivity contribution in [3.05, 3.63) is 11.1 Å². The first kappa shape index (κ1) is 12.8. The molecule has 1 atom stereocenters. The second-order valence-electron chi connectivity index (χ2n) is 5.45. The second-order valence-corrected chi connectivity index (χ2v) is 6.29. The van der Waals surface area contributed by atoms with Crippen molar-refractivity contribution in [2.75, 3.05) is 11.4 Å². The molecular formula is C13H23N3S. The van der Waals surface area contributed by atoms with Crippen LogP contribution in [0.1, 0.15) is 51.8 Å². The van der Waals surface area contributed by atoms with Crippen molar-refractivity contribution in [2.45, 2.75) is 52.1 Å². The van der Waals surface area contributed by atoms with Crippen molar-refractivity contribution in [3.8, 4) is 0 Å². The maximum Gasteiger partial charge on any atom is 0.185 e. The van der Waals surface area contributed by atoms with Gasteiger partial charge >= 0.3 is 0 Å². The summed E-state index contributed by atoms with van der Waals surface area (Å²) in [7, 11) is 0. The minimum Gasteiger partial charge on any atom is -0.345 e. The number of anilines is 1. The third kappa shape index (κ3) is 3.42. The van der Waals surface area contributed by atoms with E-state index in [0.717, 1.165) is 24.2 Å². The van der Waals surface area contributed by atoms with Crippen LogP contribution in [0.5, 0.6) is 0 Å².